The summed E-state index contributed by atoms with van der Waals surface area (Å²) >= 11 is 1.40. The second-order valence-corrected chi connectivity index (χ2v) is 12.6. The van der Waals surface area contributed by atoms with Gasteiger partial charge >= 0.3 is 6.09 Å². The maximum absolute atomic E-state index is 13.4. The fraction of sp³-hybridized carbons (Fsp3) is 0.520. The summed E-state index contributed by atoms with van der Waals surface area (Å²) in [6.45, 7) is 0.923. The minimum atomic E-state index is -3.56. The molecular weight excluding hydrogens is 504 g/mol. The van der Waals surface area contributed by atoms with Crippen molar-refractivity contribution >= 4 is 33.2 Å². The van der Waals surface area contributed by atoms with Crippen molar-refractivity contribution in [1.82, 2.24) is 10.8 Å². The first kappa shape index (κ1) is 26.6. The number of methoxy groups -OCH3 is 1. The summed E-state index contributed by atoms with van der Waals surface area (Å²) in [6.07, 6.45) is 3.13. The largest absolute Gasteiger partial charge is 0.453 e. The number of hydrogen-bond donors (Lipinski definition) is 2. The highest BCUT2D eigenvalue weighted by Gasteiger charge is 2.49. The smallest absolute Gasteiger partial charge is 0.407 e. The number of rotatable bonds is 8. The maximum Gasteiger partial charge on any atom is 0.407 e. The number of hydrogen-bond acceptors (Lipinski definition) is 8. The lowest BCUT2D eigenvalue weighted by molar-refractivity contribution is -0.200. The van der Waals surface area contributed by atoms with Gasteiger partial charge in [-0.05, 0) is 48.9 Å². The minimum Gasteiger partial charge on any atom is -0.453 e. The van der Waals surface area contributed by atoms with Crippen molar-refractivity contribution < 1.29 is 32.3 Å². The zero-order chi connectivity index (χ0) is 25.6. The summed E-state index contributed by atoms with van der Waals surface area (Å²) in [7, 11) is -2.25. The molecule has 3 heterocycles. The first-order chi connectivity index (χ1) is 17.3. The molecule has 36 heavy (non-hydrogen) atoms. The molecule has 2 saturated heterocycles. The Morgan fingerprint density at radius 1 is 1.11 bits per heavy atom. The molecule has 4 rings (SSSR count). The topological polar surface area (TPSA) is 120 Å². The van der Waals surface area contributed by atoms with Crippen molar-refractivity contribution in [3.63, 3.8) is 0 Å². The molecule has 2 amide bonds. The Bertz CT molecular complexity index is 1160. The summed E-state index contributed by atoms with van der Waals surface area (Å²) in [4.78, 5) is 31.1. The summed E-state index contributed by atoms with van der Waals surface area (Å²) in [5.41, 5.74) is 4.28. The fourth-order valence-electron chi connectivity index (χ4n) is 4.62. The Kier molecular flexibility index (Phi) is 8.66. The summed E-state index contributed by atoms with van der Waals surface area (Å²) in [5.74, 6) is -0.408. The molecule has 2 aliphatic rings. The van der Waals surface area contributed by atoms with Gasteiger partial charge in [0.25, 0.3) is 0 Å². The van der Waals surface area contributed by atoms with E-state index in [1.165, 1.54) is 18.4 Å². The molecule has 2 aromatic rings. The van der Waals surface area contributed by atoms with Crippen LogP contribution in [0, 0.1) is 0 Å². The van der Waals surface area contributed by atoms with E-state index in [1.54, 1.807) is 0 Å². The molecule has 1 aromatic heterocycles. The van der Waals surface area contributed by atoms with Gasteiger partial charge in [0.2, 0.25) is 5.91 Å². The number of amides is 2. The second kappa shape index (κ2) is 11.7. The van der Waals surface area contributed by atoms with Crippen LogP contribution in [0.5, 0.6) is 0 Å². The van der Waals surface area contributed by atoms with Crippen LogP contribution in [-0.2, 0) is 40.2 Å². The van der Waals surface area contributed by atoms with E-state index in [4.69, 9.17) is 9.57 Å². The monoisotopic (exact) mass is 536 g/mol. The molecule has 0 bridgehead atoms. The number of carbonyl (C=O) groups excluding carboxylic acids is 2. The third kappa shape index (κ3) is 6.08. The van der Waals surface area contributed by atoms with E-state index < -0.39 is 32.9 Å². The van der Waals surface area contributed by atoms with E-state index in [9.17, 15) is 18.0 Å². The van der Waals surface area contributed by atoms with Crippen molar-refractivity contribution in [3.05, 3.63) is 46.8 Å². The number of hydroxylamine groups is 1. The quantitative estimate of drug-likeness (QED) is 0.489. The highest BCUT2D eigenvalue weighted by molar-refractivity contribution is 7.92. The molecule has 196 valence electrons. The number of alkyl carbamates (subject to hydrolysis) is 1. The van der Waals surface area contributed by atoms with E-state index in [-0.39, 0.29) is 12.2 Å². The van der Waals surface area contributed by atoms with Crippen LogP contribution in [0.4, 0.5) is 4.79 Å². The fourth-order valence-corrected chi connectivity index (χ4v) is 8.40. The molecule has 11 heteroatoms. The zero-order valence-electron chi connectivity index (χ0n) is 20.3. The van der Waals surface area contributed by atoms with Crippen LogP contribution in [0.15, 0.2) is 36.4 Å². The van der Waals surface area contributed by atoms with Crippen molar-refractivity contribution in [3.8, 4) is 10.4 Å². The van der Waals surface area contributed by atoms with Gasteiger partial charge in [0.15, 0.2) is 16.1 Å². The predicted octanol–water partition coefficient (Wildman–Crippen LogP) is 4.03. The number of benzene rings is 1. The van der Waals surface area contributed by atoms with Gasteiger partial charge in [-0.2, -0.15) is 0 Å². The number of sulfone groups is 1. The van der Waals surface area contributed by atoms with Crippen molar-refractivity contribution in [1.29, 1.82) is 0 Å². The van der Waals surface area contributed by atoms with Gasteiger partial charge in [-0.3, -0.25) is 4.79 Å². The predicted molar refractivity (Wildman–Crippen MR) is 136 cm³/mol. The Balaban J connectivity index is 1.51. The molecule has 2 atom stereocenters. The lowest BCUT2D eigenvalue weighted by atomic mass is 9.94. The van der Waals surface area contributed by atoms with Gasteiger partial charge < -0.3 is 14.8 Å². The average molecular weight is 537 g/mol. The van der Waals surface area contributed by atoms with Crippen LogP contribution < -0.4 is 10.8 Å². The van der Waals surface area contributed by atoms with Gasteiger partial charge in [0.1, 0.15) is 4.75 Å². The molecule has 2 aliphatic heterocycles. The molecule has 9 nitrogen and oxygen atoms in total. The number of nitrogens with one attached hydrogen (secondary N) is 2. The number of ether oxygens (including phenoxy) is 2. The average Bonchev–Trinajstić information content (AvgIpc) is 3.39. The third-order valence-corrected chi connectivity index (χ3v) is 10.7. The molecule has 0 saturated carbocycles. The number of carbonyl (C=O) groups is 2. The molecule has 0 spiro atoms. The lowest BCUT2D eigenvalue weighted by Crippen LogP contribution is -2.45. The molecule has 1 aromatic carbocycles. The SMILES string of the molecule is COC(=O)NCc1ccc(-c2ccc([C@@]3(CC(=O)NOC4CCCCO4)CCCCS3(=O)=O)s2)cc1. The van der Waals surface area contributed by atoms with Gasteiger partial charge in [0.05, 0.1) is 19.3 Å². The second-order valence-electron chi connectivity index (χ2n) is 9.09. The Labute approximate surface area is 215 Å². The van der Waals surface area contributed by atoms with E-state index >= 15 is 0 Å². The van der Waals surface area contributed by atoms with Crippen LogP contribution in [-0.4, -0.2) is 46.2 Å². The summed E-state index contributed by atoms with van der Waals surface area (Å²) < 4.78 is 35.6. The number of thiophene rings is 1. The first-order valence-electron chi connectivity index (χ1n) is 12.1. The minimum absolute atomic E-state index is 0.0575. The van der Waals surface area contributed by atoms with Gasteiger partial charge in [-0.1, -0.05) is 30.7 Å². The van der Waals surface area contributed by atoms with Crippen molar-refractivity contribution in [2.24, 2.45) is 0 Å². The van der Waals surface area contributed by atoms with E-state index in [1.807, 2.05) is 36.4 Å². The van der Waals surface area contributed by atoms with Crippen LogP contribution in [0.2, 0.25) is 0 Å². The Morgan fingerprint density at radius 2 is 1.92 bits per heavy atom. The lowest BCUT2D eigenvalue weighted by Gasteiger charge is -2.35. The summed E-state index contributed by atoms with van der Waals surface area (Å²) in [5, 5.41) is 2.64. The van der Waals surface area contributed by atoms with Crippen molar-refractivity contribution in [2.75, 3.05) is 19.5 Å². The highest BCUT2D eigenvalue weighted by Crippen LogP contribution is 2.47. The first-order valence-corrected chi connectivity index (χ1v) is 14.6. The van der Waals surface area contributed by atoms with Crippen molar-refractivity contribution in [2.45, 2.75) is 62.5 Å². The Hall–Kier alpha value is -2.47. The van der Waals surface area contributed by atoms with Crippen LogP contribution in [0.25, 0.3) is 10.4 Å². The highest BCUT2D eigenvalue weighted by atomic mass is 32.2. The molecule has 2 fully saturated rings. The molecule has 0 radical (unpaired) electrons. The maximum atomic E-state index is 13.4. The van der Waals surface area contributed by atoms with Crippen LogP contribution >= 0.6 is 11.3 Å². The molecular formula is C25H32N2O7S2. The standard InChI is InChI=1S/C25H32N2O7S2/c1-32-24(29)26-17-18-7-9-19(10-8-18)20-11-12-21(35-20)25(13-3-5-15-36(25,30)31)16-22(28)27-34-23-6-2-4-14-33-23/h7-12,23H,2-6,13-17H2,1H3,(H,26,29)(H,27,28)/t23?,25-/m0/s1. The third-order valence-electron chi connectivity index (χ3n) is 6.64. The Morgan fingerprint density at radius 3 is 2.61 bits per heavy atom. The van der Waals surface area contributed by atoms with Crippen LogP contribution in [0.1, 0.15) is 55.4 Å². The molecule has 2 N–H and O–H groups in total. The van der Waals surface area contributed by atoms with E-state index in [0.29, 0.717) is 37.3 Å². The van der Waals surface area contributed by atoms with E-state index in [0.717, 1.165) is 35.3 Å². The molecule has 1 unspecified atom stereocenters. The summed E-state index contributed by atoms with van der Waals surface area (Å²) in [6, 6.07) is 11.4. The van der Waals surface area contributed by atoms with E-state index in [2.05, 4.69) is 15.5 Å². The van der Waals surface area contributed by atoms with Crippen LogP contribution in [0.3, 0.4) is 0 Å². The molecule has 0 aliphatic carbocycles. The zero-order valence-corrected chi connectivity index (χ0v) is 21.9. The normalized spacial score (nSPS) is 23.5. The van der Waals surface area contributed by atoms with Gasteiger partial charge in [-0.15, -0.1) is 11.3 Å². The van der Waals surface area contributed by atoms with Gasteiger partial charge in [-0.25, -0.2) is 23.5 Å². The van der Waals surface area contributed by atoms with Gasteiger partial charge in [0, 0.05) is 29.3 Å².